The van der Waals surface area contributed by atoms with Crippen LogP contribution in [0, 0.1) is 6.92 Å². The predicted molar refractivity (Wildman–Crippen MR) is 104 cm³/mol. The molecule has 0 aromatic heterocycles. The van der Waals surface area contributed by atoms with Crippen molar-refractivity contribution in [2.75, 3.05) is 38.0 Å². The Morgan fingerprint density at radius 1 is 1.04 bits per heavy atom. The van der Waals surface area contributed by atoms with Gasteiger partial charge < -0.3 is 15.1 Å². The summed E-state index contributed by atoms with van der Waals surface area (Å²) >= 11 is 3.52. The van der Waals surface area contributed by atoms with Gasteiger partial charge in [0.25, 0.3) is 5.91 Å². The van der Waals surface area contributed by atoms with Gasteiger partial charge in [0.1, 0.15) is 32.7 Å². The number of quaternary nitrogens is 2. The molecule has 0 unspecified atom stereocenters. The SMILES string of the molecule is Cc1ccc(NC(=O)C[NH+]2CC[NH+](Cc3ccccc3)CC2)c(Br)c1. The normalized spacial score (nSPS) is 20.2. The summed E-state index contributed by atoms with van der Waals surface area (Å²) in [5.74, 6) is 0.0889. The number of hydrogen-bond donors (Lipinski definition) is 3. The van der Waals surface area contributed by atoms with Gasteiger partial charge in [-0.25, -0.2) is 0 Å². The molecule has 5 heteroatoms. The van der Waals surface area contributed by atoms with Crippen LogP contribution in [0.1, 0.15) is 11.1 Å². The van der Waals surface area contributed by atoms with E-state index in [0.29, 0.717) is 6.54 Å². The molecule has 1 amide bonds. The standard InChI is InChI=1S/C20H24BrN3O/c1-16-7-8-19(18(21)13-16)22-20(25)15-24-11-9-23(10-12-24)14-17-5-3-2-4-6-17/h2-8,13H,9-12,14-15H2,1H3,(H,22,25)/p+2. The Morgan fingerprint density at radius 3 is 2.40 bits per heavy atom. The van der Waals surface area contributed by atoms with E-state index in [1.165, 1.54) is 16.0 Å². The Kier molecular flexibility index (Phi) is 6.24. The van der Waals surface area contributed by atoms with E-state index in [0.717, 1.165) is 42.9 Å². The summed E-state index contributed by atoms with van der Waals surface area (Å²) in [6.07, 6.45) is 0. The molecule has 1 fully saturated rings. The van der Waals surface area contributed by atoms with Crippen molar-refractivity contribution in [3.63, 3.8) is 0 Å². The van der Waals surface area contributed by atoms with Crippen LogP contribution in [0.4, 0.5) is 5.69 Å². The molecule has 0 aliphatic carbocycles. The molecule has 2 aromatic rings. The van der Waals surface area contributed by atoms with Crippen molar-refractivity contribution in [2.45, 2.75) is 13.5 Å². The van der Waals surface area contributed by atoms with E-state index < -0.39 is 0 Å². The summed E-state index contributed by atoms with van der Waals surface area (Å²) in [4.78, 5) is 15.3. The summed E-state index contributed by atoms with van der Waals surface area (Å²) in [6, 6.07) is 16.6. The molecule has 4 nitrogen and oxygen atoms in total. The molecule has 132 valence electrons. The van der Waals surface area contributed by atoms with Gasteiger partial charge in [-0.05, 0) is 40.5 Å². The van der Waals surface area contributed by atoms with E-state index in [9.17, 15) is 4.79 Å². The molecule has 0 bridgehead atoms. The number of carbonyl (C=O) groups excluding carboxylic acids is 1. The van der Waals surface area contributed by atoms with Gasteiger partial charge in [0.05, 0.1) is 5.69 Å². The maximum absolute atomic E-state index is 12.3. The number of hydrogen-bond acceptors (Lipinski definition) is 1. The third-order valence-electron chi connectivity index (χ3n) is 4.77. The zero-order valence-electron chi connectivity index (χ0n) is 14.6. The van der Waals surface area contributed by atoms with Crippen LogP contribution in [0.3, 0.4) is 0 Å². The maximum atomic E-state index is 12.3. The van der Waals surface area contributed by atoms with Crippen LogP contribution in [-0.2, 0) is 11.3 Å². The first-order valence-corrected chi connectivity index (χ1v) is 9.66. The number of benzene rings is 2. The lowest BCUT2D eigenvalue weighted by Crippen LogP contribution is -3.28. The Balaban J connectivity index is 1.44. The summed E-state index contributed by atoms with van der Waals surface area (Å²) < 4.78 is 0.938. The van der Waals surface area contributed by atoms with Gasteiger partial charge >= 0.3 is 0 Å². The van der Waals surface area contributed by atoms with Crippen LogP contribution in [-0.4, -0.2) is 38.6 Å². The van der Waals surface area contributed by atoms with E-state index in [1.54, 1.807) is 4.90 Å². The Hall–Kier alpha value is -1.69. The molecule has 1 saturated heterocycles. The molecule has 0 spiro atoms. The first kappa shape index (κ1) is 18.1. The van der Waals surface area contributed by atoms with Crippen molar-refractivity contribution < 1.29 is 14.6 Å². The number of amides is 1. The van der Waals surface area contributed by atoms with Crippen molar-refractivity contribution in [1.82, 2.24) is 0 Å². The summed E-state index contributed by atoms with van der Waals surface area (Å²) in [6.45, 7) is 7.99. The highest BCUT2D eigenvalue weighted by molar-refractivity contribution is 9.10. The number of anilines is 1. The minimum Gasteiger partial charge on any atom is -0.322 e. The Morgan fingerprint density at radius 2 is 1.72 bits per heavy atom. The number of rotatable bonds is 5. The zero-order valence-corrected chi connectivity index (χ0v) is 16.2. The number of aryl methyl sites for hydroxylation is 1. The summed E-state index contributed by atoms with van der Waals surface area (Å²) in [5, 5.41) is 3.02. The van der Waals surface area contributed by atoms with Gasteiger partial charge in [-0.2, -0.15) is 0 Å². The van der Waals surface area contributed by atoms with Gasteiger partial charge in [-0.3, -0.25) is 4.79 Å². The second-order valence-corrected chi connectivity index (χ2v) is 7.72. The molecule has 25 heavy (non-hydrogen) atoms. The molecule has 2 aromatic carbocycles. The van der Waals surface area contributed by atoms with Crippen LogP contribution in [0.5, 0.6) is 0 Å². The third-order valence-corrected chi connectivity index (χ3v) is 5.43. The van der Waals surface area contributed by atoms with Crippen LogP contribution < -0.4 is 15.1 Å². The van der Waals surface area contributed by atoms with E-state index in [2.05, 4.69) is 51.6 Å². The fourth-order valence-electron chi connectivity index (χ4n) is 3.34. The lowest BCUT2D eigenvalue weighted by atomic mass is 10.2. The molecule has 3 N–H and O–H groups in total. The molecule has 3 rings (SSSR count). The van der Waals surface area contributed by atoms with Gasteiger partial charge in [0, 0.05) is 10.0 Å². The van der Waals surface area contributed by atoms with Crippen LogP contribution in [0.15, 0.2) is 53.0 Å². The first-order valence-electron chi connectivity index (χ1n) is 8.87. The zero-order chi connectivity index (χ0) is 17.6. The van der Waals surface area contributed by atoms with Crippen LogP contribution >= 0.6 is 15.9 Å². The van der Waals surface area contributed by atoms with Gasteiger partial charge in [0.2, 0.25) is 0 Å². The number of carbonyl (C=O) groups is 1. The maximum Gasteiger partial charge on any atom is 0.279 e. The topological polar surface area (TPSA) is 38.0 Å². The molecule has 1 aliphatic rings. The Labute approximate surface area is 158 Å². The first-order chi connectivity index (χ1) is 12.1. The van der Waals surface area contributed by atoms with Gasteiger partial charge in [-0.15, -0.1) is 0 Å². The van der Waals surface area contributed by atoms with Gasteiger partial charge in [-0.1, -0.05) is 36.4 Å². The third kappa shape index (κ3) is 5.39. The number of nitrogens with one attached hydrogen (secondary N) is 3. The summed E-state index contributed by atoms with van der Waals surface area (Å²) in [7, 11) is 0. The highest BCUT2D eigenvalue weighted by Gasteiger charge is 2.25. The molecule has 1 aliphatic heterocycles. The average molecular weight is 404 g/mol. The molecular formula is C20H26BrN3O+2. The molecule has 0 saturated carbocycles. The molecule has 1 heterocycles. The largest absolute Gasteiger partial charge is 0.322 e. The number of halogens is 1. The quantitative estimate of drug-likeness (QED) is 0.674. The van der Waals surface area contributed by atoms with Gasteiger partial charge in [0.15, 0.2) is 6.54 Å². The minimum atomic E-state index is 0.0889. The fraction of sp³-hybridized carbons (Fsp3) is 0.350. The highest BCUT2D eigenvalue weighted by Crippen LogP contribution is 2.22. The van der Waals surface area contributed by atoms with Crippen molar-refractivity contribution >= 4 is 27.5 Å². The van der Waals surface area contributed by atoms with Crippen molar-refractivity contribution in [1.29, 1.82) is 0 Å². The lowest BCUT2D eigenvalue weighted by molar-refractivity contribution is -1.02. The second kappa shape index (κ2) is 8.61. The summed E-state index contributed by atoms with van der Waals surface area (Å²) in [5.41, 5.74) is 3.42. The van der Waals surface area contributed by atoms with Crippen molar-refractivity contribution in [2.24, 2.45) is 0 Å². The van der Waals surface area contributed by atoms with E-state index in [-0.39, 0.29) is 5.91 Å². The molecular weight excluding hydrogens is 378 g/mol. The highest BCUT2D eigenvalue weighted by atomic mass is 79.9. The lowest BCUT2D eigenvalue weighted by Gasteiger charge is -2.29. The average Bonchev–Trinajstić information content (AvgIpc) is 2.60. The fourth-order valence-corrected chi connectivity index (χ4v) is 3.93. The predicted octanol–water partition coefficient (Wildman–Crippen LogP) is 0.680. The van der Waals surface area contributed by atoms with Crippen molar-refractivity contribution in [3.05, 3.63) is 64.1 Å². The van der Waals surface area contributed by atoms with Crippen LogP contribution in [0.2, 0.25) is 0 Å². The van der Waals surface area contributed by atoms with E-state index in [4.69, 9.17) is 0 Å². The number of piperazine rings is 1. The monoisotopic (exact) mass is 403 g/mol. The van der Waals surface area contributed by atoms with E-state index >= 15 is 0 Å². The second-order valence-electron chi connectivity index (χ2n) is 6.87. The molecule has 0 atom stereocenters. The van der Waals surface area contributed by atoms with Crippen LogP contribution in [0.25, 0.3) is 0 Å². The minimum absolute atomic E-state index is 0.0889. The Bertz CT molecular complexity index is 712. The molecule has 0 radical (unpaired) electrons. The smallest absolute Gasteiger partial charge is 0.279 e. The van der Waals surface area contributed by atoms with E-state index in [1.807, 2.05) is 25.1 Å². The van der Waals surface area contributed by atoms with Crippen molar-refractivity contribution in [3.8, 4) is 0 Å².